The van der Waals surface area contributed by atoms with Crippen LogP contribution in [-0.4, -0.2) is 47.7 Å². The molecule has 7 nitrogen and oxygen atoms in total. The first-order valence-corrected chi connectivity index (χ1v) is 9.58. The van der Waals surface area contributed by atoms with Crippen LogP contribution in [0.2, 0.25) is 0 Å². The van der Waals surface area contributed by atoms with Gasteiger partial charge in [0.15, 0.2) is 0 Å². The Balaban J connectivity index is 0.00000210. The quantitative estimate of drug-likeness (QED) is 0.807. The van der Waals surface area contributed by atoms with Crippen molar-refractivity contribution in [2.45, 2.75) is 32.6 Å². The molecule has 2 saturated heterocycles. The second-order valence-corrected chi connectivity index (χ2v) is 6.73. The number of nitrogens with one attached hydrogen (secondary N) is 1. The molecule has 0 saturated carbocycles. The maximum absolute atomic E-state index is 5.50. The van der Waals surface area contributed by atoms with Crippen molar-refractivity contribution in [1.29, 1.82) is 0 Å². The van der Waals surface area contributed by atoms with E-state index in [2.05, 4.69) is 25.1 Å². The molecule has 8 heteroatoms. The fraction of sp³-hybridized carbons (Fsp3) is 0.526. The summed E-state index contributed by atoms with van der Waals surface area (Å²) in [5, 5.41) is 3.33. The van der Waals surface area contributed by atoms with E-state index in [0.717, 1.165) is 49.5 Å². The van der Waals surface area contributed by atoms with Gasteiger partial charge in [0.05, 0.1) is 6.61 Å². The van der Waals surface area contributed by atoms with Crippen molar-refractivity contribution >= 4 is 35.9 Å². The van der Waals surface area contributed by atoms with Gasteiger partial charge in [-0.15, -0.1) is 12.4 Å². The summed E-state index contributed by atoms with van der Waals surface area (Å²) in [5.41, 5.74) is 0.944. The van der Waals surface area contributed by atoms with Crippen LogP contribution in [0, 0.1) is 0 Å². The van der Waals surface area contributed by atoms with Crippen LogP contribution in [-0.2, 0) is 0 Å². The number of hydrogen-bond donors (Lipinski definition) is 1. The van der Waals surface area contributed by atoms with Crippen LogP contribution in [0.3, 0.4) is 0 Å². The van der Waals surface area contributed by atoms with Crippen molar-refractivity contribution in [3.05, 3.63) is 24.3 Å². The predicted octanol–water partition coefficient (Wildman–Crippen LogP) is 3.64. The third-order valence-electron chi connectivity index (χ3n) is 4.81. The Labute approximate surface area is 166 Å². The summed E-state index contributed by atoms with van der Waals surface area (Å²) in [6, 6.07) is 7.88. The highest BCUT2D eigenvalue weighted by Gasteiger charge is 2.21. The first kappa shape index (κ1) is 19.5. The van der Waals surface area contributed by atoms with Crippen molar-refractivity contribution in [2.75, 3.05) is 47.9 Å². The largest absolute Gasteiger partial charge is 0.494 e. The number of benzene rings is 1. The monoisotopic (exact) mass is 390 g/mol. The van der Waals surface area contributed by atoms with Crippen LogP contribution < -0.4 is 19.9 Å². The Kier molecular flexibility index (Phi) is 6.55. The lowest BCUT2D eigenvalue weighted by atomic mass is 10.3. The number of halogens is 1. The molecule has 0 amide bonds. The highest BCUT2D eigenvalue weighted by atomic mass is 35.5. The van der Waals surface area contributed by atoms with E-state index in [9.17, 15) is 0 Å². The molecular weight excluding hydrogens is 364 g/mol. The highest BCUT2D eigenvalue weighted by molar-refractivity contribution is 5.85. The standard InChI is InChI=1S/C19H26N6O.ClH/c1-2-26-16-9-7-15(8-10-16)20-17-21-18(24-11-3-4-12-24)23-19(22-17)25-13-5-6-14-25;/h7-10H,2-6,11-14H2,1H3,(H,20,21,22,23);1H. The molecule has 3 heterocycles. The number of nitrogens with zero attached hydrogens (tertiary/aromatic N) is 5. The second-order valence-electron chi connectivity index (χ2n) is 6.73. The van der Waals surface area contributed by atoms with E-state index in [1.165, 1.54) is 25.7 Å². The van der Waals surface area contributed by atoms with Gasteiger partial charge in [-0.2, -0.15) is 15.0 Å². The van der Waals surface area contributed by atoms with E-state index in [1.807, 2.05) is 31.2 Å². The molecule has 0 atom stereocenters. The minimum Gasteiger partial charge on any atom is -0.494 e. The predicted molar refractivity (Wildman–Crippen MR) is 111 cm³/mol. The van der Waals surface area contributed by atoms with E-state index >= 15 is 0 Å². The van der Waals surface area contributed by atoms with Crippen LogP contribution in [0.1, 0.15) is 32.6 Å². The zero-order chi connectivity index (χ0) is 17.8. The SMILES string of the molecule is CCOc1ccc(Nc2nc(N3CCCC3)nc(N3CCCC3)n2)cc1.Cl. The maximum atomic E-state index is 5.50. The third kappa shape index (κ3) is 4.71. The molecular formula is C19H27ClN6O. The summed E-state index contributed by atoms with van der Waals surface area (Å²) in [7, 11) is 0. The van der Waals surface area contributed by atoms with Crippen LogP contribution in [0.15, 0.2) is 24.3 Å². The molecule has 1 N–H and O–H groups in total. The third-order valence-corrected chi connectivity index (χ3v) is 4.81. The van der Waals surface area contributed by atoms with Crippen molar-refractivity contribution in [3.8, 4) is 5.75 Å². The molecule has 146 valence electrons. The fourth-order valence-electron chi connectivity index (χ4n) is 3.46. The Bertz CT molecular complexity index is 695. The van der Waals surface area contributed by atoms with Crippen LogP contribution in [0.25, 0.3) is 0 Å². The van der Waals surface area contributed by atoms with Gasteiger partial charge in [0.2, 0.25) is 17.8 Å². The van der Waals surface area contributed by atoms with Gasteiger partial charge in [-0.05, 0) is 56.9 Å². The van der Waals surface area contributed by atoms with Crippen LogP contribution >= 0.6 is 12.4 Å². The first-order valence-electron chi connectivity index (χ1n) is 9.58. The molecule has 0 radical (unpaired) electrons. The summed E-state index contributed by atoms with van der Waals surface area (Å²) in [6.45, 7) is 6.73. The summed E-state index contributed by atoms with van der Waals surface area (Å²) in [5.74, 6) is 3.04. The second kappa shape index (κ2) is 9.08. The van der Waals surface area contributed by atoms with Gasteiger partial charge in [-0.3, -0.25) is 0 Å². The lowest BCUT2D eigenvalue weighted by molar-refractivity contribution is 0.340. The highest BCUT2D eigenvalue weighted by Crippen LogP contribution is 2.25. The molecule has 4 rings (SSSR count). The molecule has 1 aromatic carbocycles. The van der Waals surface area contributed by atoms with E-state index in [1.54, 1.807) is 0 Å². The van der Waals surface area contributed by atoms with Gasteiger partial charge in [0, 0.05) is 31.9 Å². The van der Waals surface area contributed by atoms with Gasteiger partial charge < -0.3 is 19.9 Å². The molecule has 2 aliphatic rings. The number of aromatic nitrogens is 3. The van der Waals surface area contributed by atoms with Gasteiger partial charge in [-0.1, -0.05) is 0 Å². The molecule has 2 fully saturated rings. The molecule has 2 aliphatic heterocycles. The van der Waals surface area contributed by atoms with Crippen LogP contribution in [0.4, 0.5) is 23.5 Å². The lowest BCUT2D eigenvalue weighted by Gasteiger charge is -2.20. The Morgan fingerprint density at radius 1 is 0.852 bits per heavy atom. The summed E-state index contributed by atoms with van der Waals surface area (Å²) in [4.78, 5) is 18.6. The van der Waals surface area contributed by atoms with E-state index in [-0.39, 0.29) is 12.4 Å². The lowest BCUT2D eigenvalue weighted by Crippen LogP contribution is -2.25. The molecule has 1 aromatic heterocycles. The van der Waals surface area contributed by atoms with Crippen LogP contribution in [0.5, 0.6) is 5.75 Å². The molecule has 0 spiro atoms. The molecule has 0 aliphatic carbocycles. The fourth-order valence-corrected chi connectivity index (χ4v) is 3.46. The van der Waals surface area contributed by atoms with Crippen molar-refractivity contribution in [1.82, 2.24) is 15.0 Å². The maximum Gasteiger partial charge on any atom is 0.233 e. The van der Waals surface area contributed by atoms with E-state index in [4.69, 9.17) is 9.72 Å². The van der Waals surface area contributed by atoms with Gasteiger partial charge >= 0.3 is 0 Å². The van der Waals surface area contributed by atoms with Gasteiger partial charge in [0.25, 0.3) is 0 Å². The van der Waals surface area contributed by atoms with Gasteiger partial charge in [0.1, 0.15) is 5.75 Å². The zero-order valence-corrected chi connectivity index (χ0v) is 16.5. The Morgan fingerprint density at radius 2 is 1.37 bits per heavy atom. The molecule has 2 aromatic rings. The van der Waals surface area contributed by atoms with Crippen molar-refractivity contribution < 1.29 is 4.74 Å². The average Bonchev–Trinajstić information content (AvgIpc) is 3.37. The minimum absolute atomic E-state index is 0. The first-order chi connectivity index (χ1) is 12.8. The minimum atomic E-state index is 0. The van der Waals surface area contributed by atoms with E-state index < -0.39 is 0 Å². The zero-order valence-electron chi connectivity index (χ0n) is 15.7. The molecule has 0 unspecified atom stereocenters. The number of anilines is 4. The van der Waals surface area contributed by atoms with E-state index in [0.29, 0.717) is 12.6 Å². The number of ether oxygens (including phenoxy) is 1. The van der Waals surface area contributed by atoms with Crippen molar-refractivity contribution in [3.63, 3.8) is 0 Å². The topological polar surface area (TPSA) is 66.4 Å². The summed E-state index contributed by atoms with van der Waals surface area (Å²) in [6.07, 6.45) is 4.80. The number of rotatable bonds is 6. The summed E-state index contributed by atoms with van der Waals surface area (Å²) < 4.78 is 5.50. The molecule has 0 bridgehead atoms. The molecule has 27 heavy (non-hydrogen) atoms. The number of hydrogen-bond acceptors (Lipinski definition) is 7. The average molecular weight is 391 g/mol. The van der Waals surface area contributed by atoms with Crippen molar-refractivity contribution in [2.24, 2.45) is 0 Å². The smallest absolute Gasteiger partial charge is 0.233 e. The summed E-state index contributed by atoms with van der Waals surface area (Å²) >= 11 is 0. The normalized spacial score (nSPS) is 16.3. The Morgan fingerprint density at radius 3 is 1.85 bits per heavy atom. The Hall–Kier alpha value is -2.28. The van der Waals surface area contributed by atoms with Gasteiger partial charge in [-0.25, -0.2) is 0 Å².